The maximum absolute atomic E-state index is 11.1. The minimum absolute atomic E-state index is 0.146. The van der Waals surface area contributed by atoms with Gasteiger partial charge in [0.2, 0.25) is 10.0 Å². The van der Waals surface area contributed by atoms with Gasteiger partial charge in [0.25, 0.3) is 0 Å². The van der Waals surface area contributed by atoms with E-state index in [9.17, 15) is 8.42 Å². The van der Waals surface area contributed by atoms with Crippen molar-refractivity contribution in [3.8, 4) is 0 Å². The molecule has 72 valence electrons. The molecule has 1 aliphatic heterocycles. The summed E-state index contributed by atoms with van der Waals surface area (Å²) in [5.41, 5.74) is 0. The van der Waals surface area contributed by atoms with Crippen LogP contribution in [0.1, 0.15) is 0 Å². The van der Waals surface area contributed by atoms with E-state index >= 15 is 0 Å². The molecule has 0 saturated carbocycles. The van der Waals surface area contributed by atoms with E-state index in [-0.39, 0.29) is 5.75 Å². The van der Waals surface area contributed by atoms with Gasteiger partial charge >= 0.3 is 0 Å². The van der Waals surface area contributed by atoms with Crippen molar-refractivity contribution in [3.63, 3.8) is 0 Å². The smallest absolute Gasteiger partial charge is 0.212 e. The van der Waals surface area contributed by atoms with Gasteiger partial charge in [-0.3, -0.25) is 0 Å². The van der Waals surface area contributed by atoms with Crippen LogP contribution in [0.5, 0.6) is 0 Å². The van der Waals surface area contributed by atoms with Crippen LogP contribution >= 0.6 is 0 Å². The molecule has 0 amide bonds. The highest BCUT2D eigenvalue weighted by atomic mass is 32.2. The summed E-state index contributed by atoms with van der Waals surface area (Å²) >= 11 is 0. The number of hydrogen-bond donors (Lipinski definition) is 2. The van der Waals surface area contributed by atoms with E-state index in [4.69, 9.17) is 4.74 Å². The number of hydrogen-bond acceptors (Lipinski definition) is 4. The lowest BCUT2D eigenvalue weighted by Crippen LogP contribution is -2.36. The largest absolute Gasteiger partial charge is 0.379 e. The number of nitrogens with one attached hydrogen (secondary N) is 2. The molecular formula is C6H14N2O3S. The van der Waals surface area contributed by atoms with Gasteiger partial charge in [0, 0.05) is 19.6 Å². The lowest BCUT2D eigenvalue weighted by molar-refractivity contribution is 0.140. The monoisotopic (exact) mass is 194 g/mol. The van der Waals surface area contributed by atoms with E-state index in [0.29, 0.717) is 26.3 Å². The highest BCUT2D eigenvalue weighted by Crippen LogP contribution is 1.84. The summed E-state index contributed by atoms with van der Waals surface area (Å²) in [5.74, 6) is 0.146. The van der Waals surface area contributed by atoms with E-state index in [1.165, 1.54) is 0 Å². The van der Waals surface area contributed by atoms with Crippen LogP contribution in [0.25, 0.3) is 0 Å². The first-order valence-corrected chi connectivity index (χ1v) is 5.62. The maximum Gasteiger partial charge on any atom is 0.212 e. The zero-order valence-corrected chi connectivity index (χ0v) is 7.69. The molecule has 1 fully saturated rings. The van der Waals surface area contributed by atoms with Crippen molar-refractivity contribution < 1.29 is 13.2 Å². The minimum Gasteiger partial charge on any atom is -0.379 e. The first-order chi connectivity index (χ1) is 5.71. The Balaban J connectivity index is 2.38. The quantitative estimate of drug-likeness (QED) is 0.494. The number of ether oxygens (including phenoxy) is 1. The molecule has 1 saturated heterocycles. The van der Waals surface area contributed by atoms with Gasteiger partial charge < -0.3 is 10.1 Å². The molecule has 0 aromatic heterocycles. The summed E-state index contributed by atoms with van der Waals surface area (Å²) in [6.45, 7) is 2.67. The molecule has 0 atom stereocenters. The fourth-order valence-corrected chi connectivity index (χ4v) is 1.87. The molecule has 12 heavy (non-hydrogen) atoms. The van der Waals surface area contributed by atoms with Crippen molar-refractivity contribution in [2.24, 2.45) is 0 Å². The van der Waals surface area contributed by atoms with Crippen LogP contribution in [0.3, 0.4) is 0 Å². The predicted octanol–water partition coefficient (Wildman–Crippen LogP) is -1.47. The van der Waals surface area contributed by atoms with E-state index in [1.807, 2.05) is 0 Å². The standard InChI is InChI=1S/C6H14N2O3S/c9-12(10)6-3-7-1-4-11-5-2-8-12/h7-8H,1-6H2. The summed E-state index contributed by atoms with van der Waals surface area (Å²) in [6, 6.07) is 0. The molecule has 5 nitrogen and oxygen atoms in total. The molecule has 0 aliphatic carbocycles. The second-order valence-corrected chi connectivity index (χ2v) is 4.50. The molecule has 6 heteroatoms. The molecule has 0 unspecified atom stereocenters. The molecular weight excluding hydrogens is 180 g/mol. The highest BCUT2D eigenvalue weighted by Gasteiger charge is 2.09. The van der Waals surface area contributed by atoms with E-state index in [0.717, 1.165) is 6.54 Å². The Hall–Kier alpha value is -0.170. The van der Waals surface area contributed by atoms with Crippen LogP contribution in [0, 0.1) is 0 Å². The third kappa shape index (κ3) is 4.01. The van der Waals surface area contributed by atoms with Crippen LogP contribution < -0.4 is 10.0 Å². The van der Waals surface area contributed by atoms with E-state index in [1.54, 1.807) is 0 Å². The molecule has 0 radical (unpaired) electrons. The third-order valence-corrected chi connectivity index (χ3v) is 2.92. The van der Waals surface area contributed by atoms with E-state index < -0.39 is 10.0 Å². The minimum atomic E-state index is -3.07. The van der Waals surface area contributed by atoms with Crippen molar-refractivity contribution in [1.82, 2.24) is 10.0 Å². The predicted molar refractivity (Wildman–Crippen MR) is 45.5 cm³/mol. The van der Waals surface area contributed by atoms with Gasteiger partial charge in [-0.1, -0.05) is 0 Å². The van der Waals surface area contributed by atoms with Crippen molar-refractivity contribution in [2.45, 2.75) is 0 Å². The average molecular weight is 194 g/mol. The van der Waals surface area contributed by atoms with Gasteiger partial charge in [-0.05, 0) is 0 Å². The number of rotatable bonds is 0. The molecule has 1 aliphatic rings. The topological polar surface area (TPSA) is 67.4 Å². The van der Waals surface area contributed by atoms with Crippen LogP contribution in [-0.2, 0) is 14.8 Å². The average Bonchev–Trinajstić information content (AvgIpc) is 2.02. The Bertz CT molecular complexity index is 199. The summed E-state index contributed by atoms with van der Waals surface area (Å²) in [6.07, 6.45) is 0. The normalized spacial score (nSPS) is 26.3. The second-order valence-electron chi connectivity index (χ2n) is 2.58. The summed E-state index contributed by atoms with van der Waals surface area (Å²) in [5, 5.41) is 2.97. The molecule has 2 N–H and O–H groups in total. The van der Waals surface area contributed by atoms with Crippen LogP contribution in [0.4, 0.5) is 0 Å². The zero-order valence-electron chi connectivity index (χ0n) is 6.88. The van der Waals surface area contributed by atoms with Gasteiger partial charge in [-0.25, -0.2) is 13.1 Å². The van der Waals surface area contributed by atoms with Gasteiger partial charge in [-0.2, -0.15) is 0 Å². The Morgan fingerprint density at radius 2 is 1.83 bits per heavy atom. The van der Waals surface area contributed by atoms with Gasteiger partial charge in [0.1, 0.15) is 0 Å². The first kappa shape index (κ1) is 9.91. The Morgan fingerprint density at radius 3 is 2.67 bits per heavy atom. The Kier molecular flexibility index (Phi) is 3.93. The summed E-state index contributed by atoms with van der Waals surface area (Å²) in [7, 11) is -3.07. The first-order valence-electron chi connectivity index (χ1n) is 3.96. The van der Waals surface area contributed by atoms with Crippen molar-refractivity contribution in [2.75, 3.05) is 38.6 Å². The fraction of sp³-hybridized carbons (Fsp3) is 1.00. The Labute approximate surface area is 72.5 Å². The molecule has 0 aromatic rings. The lowest BCUT2D eigenvalue weighted by atomic mass is 10.6. The SMILES string of the molecule is O=S1(=O)CCNCCOCCN1. The molecule has 1 heterocycles. The van der Waals surface area contributed by atoms with Crippen molar-refractivity contribution in [1.29, 1.82) is 0 Å². The molecule has 0 spiro atoms. The summed E-state index contributed by atoms with van der Waals surface area (Å²) < 4.78 is 29.7. The fourth-order valence-electron chi connectivity index (χ4n) is 0.919. The zero-order chi connectivity index (χ0) is 8.86. The number of sulfonamides is 1. The van der Waals surface area contributed by atoms with Crippen molar-refractivity contribution in [3.05, 3.63) is 0 Å². The maximum atomic E-state index is 11.1. The van der Waals surface area contributed by atoms with Crippen LogP contribution in [-0.4, -0.2) is 47.0 Å². The molecule has 0 aromatic carbocycles. The van der Waals surface area contributed by atoms with Gasteiger partial charge in [0.15, 0.2) is 0 Å². The molecule has 1 rings (SSSR count). The van der Waals surface area contributed by atoms with E-state index in [2.05, 4.69) is 10.0 Å². The Morgan fingerprint density at radius 1 is 1.08 bits per heavy atom. The lowest BCUT2D eigenvalue weighted by Gasteiger charge is -2.11. The second kappa shape index (κ2) is 4.76. The highest BCUT2D eigenvalue weighted by molar-refractivity contribution is 7.89. The van der Waals surface area contributed by atoms with Gasteiger partial charge in [0.05, 0.1) is 19.0 Å². The van der Waals surface area contributed by atoms with Crippen LogP contribution in [0.15, 0.2) is 0 Å². The van der Waals surface area contributed by atoms with Gasteiger partial charge in [-0.15, -0.1) is 0 Å². The molecule has 0 bridgehead atoms. The van der Waals surface area contributed by atoms with Crippen LogP contribution in [0.2, 0.25) is 0 Å². The third-order valence-electron chi connectivity index (χ3n) is 1.54. The van der Waals surface area contributed by atoms with Crippen molar-refractivity contribution >= 4 is 10.0 Å². The summed E-state index contributed by atoms with van der Waals surface area (Å²) in [4.78, 5) is 0.